The van der Waals surface area contributed by atoms with Crippen LogP contribution in [-0.2, 0) is 0 Å². The normalized spacial score (nSPS) is 11.0. The molecular formula is C26H31ClN2O. The van der Waals surface area contributed by atoms with Gasteiger partial charge in [-0.2, -0.15) is 0 Å². The molecule has 1 N–H and O–H groups in total. The van der Waals surface area contributed by atoms with Gasteiger partial charge in [0.1, 0.15) is 0 Å². The number of carbonyl (C=O) groups excluding carboxylic acids is 1. The second-order valence-electron chi connectivity index (χ2n) is 7.81. The molecule has 0 spiro atoms. The molecule has 158 valence electrons. The number of benzene rings is 2. The molecule has 0 radical (unpaired) electrons. The molecular weight excluding hydrogens is 392 g/mol. The van der Waals surface area contributed by atoms with Gasteiger partial charge in [-0.3, -0.25) is 4.79 Å². The van der Waals surface area contributed by atoms with E-state index in [-0.39, 0.29) is 5.91 Å². The predicted molar refractivity (Wildman–Crippen MR) is 127 cm³/mol. The van der Waals surface area contributed by atoms with Crippen LogP contribution in [-0.4, -0.2) is 17.4 Å². The summed E-state index contributed by atoms with van der Waals surface area (Å²) in [6.07, 6.45) is 10.0. The number of hydrogen-bond acceptors (Lipinski definition) is 2. The van der Waals surface area contributed by atoms with Gasteiger partial charge in [-0.15, -0.1) is 0 Å². The van der Waals surface area contributed by atoms with Crippen LogP contribution in [0.4, 0.5) is 0 Å². The van der Waals surface area contributed by atoms with Crippen molar-refractivity contribution in [1.29, 1.82) is 0 Å². The van der Waals surface area contributed by atoms with Gasteiger partial charge < -0.3 is 5.32 Å². The van der Waals surface area contributed by atoms with Gasteiger partial charge >= 0.3 is 0 Å². The van der Waals surface area contributed by atoms with Crippen molar-refractivity contribution in [2.45, 2.75) is 58.3 Å². The summed E-state index contributed by atoms with van der Waals surface area (Å²) in [6.45, 7) is 2.95. The molecule has 0 aliphatic rings. The topological polar surface area (TPSA) is 42.0 Å². The lowest BCUT2D eigenvalue weighted by molar-refractivity contribution is 0.0954. The van der Waals surface area contributed by atoms with E-state index in [0.29, 0.717) is 17.1 Å². The Kier molecular flexibility index (Phi) is 8.70. The van der Waals surface area contributed by atoms with Gasteiger partial charge in [0.05, 0.1) is 16.8 Å². The van der Waals surface area contributed by atoms with Gasteiger partial charge in [-0.1, -0.05) is 93.8 Å². The molecule has 1 heterocycles. The van der Waals surface area contributed by atoms with E-state index in [4.69, 9.17) is 16.6 Å². The van der Waals surface area contributed by atoms with Crippen molar-refractivity contribution >= 4 is 28.4 Å². The quantitative estimate of drug-likeness (QED) is 0.326. The predicted octanol–water partition coefficient (Wildman–Crippen LogP) is 7.43. The standard InChI is InChI=1S/C26H31ClN2O/c1-2-3-4-5-6-7-8-11-18-28-26(30)23-19-25(20-14-16-21(27)17-15-20)29-24-13-10-9-12-22(23)24/h9-10,12-17,19H,2-8,11,18H2,1H3,(H,28,30). The minimum atomic E-state index is -0.0354. The van der Waals surface area contributed by atoms with Crippen molar-refractivity contribution in [2.24, 2.45) is 0 Å². The van der Waals surface area contributed by atoms with Gasteiger partial charge in [0.25, 0.3) is 5.91 Å². The Morgan fingerprint density at radius 2 is 1.57 bits per heavy atom. The van der Waals surface area contributed by atoms with E-state index in [2.05, 4.69) is 12.2 Å². The Morgan fingerprint density at radius 1 is 0.900 bits per heavy atom. The molecule has 0 fully saturated rings. The van der Waals surface area contributed by atoms with Crippen molar-refractivity contribution in [2.75, 3.05) is 6.54 Å². The molecule has 0 unspecified atom stereocenters. The molecule has 0 saturated heterocycles. The zero-order valence-corrected chi connectivity index (χ0v) is 18.5. The maximum absolute atomic E-state index is 12.9. The molecule has 30 heavy (non-hydrogen) atoms. The Labute approximate surface area is 184 Å². The third-order valence-electron chi connectivity index (χ3n) is 5.42. The van der Waals surface area contributed by atoms with Crippen molar-refractivity contribution < 1.29 is 4.79 Å². The molecule has 4 heteroatoms. The average molecular weight is 423 g/mol. The van der Waals surface area contributed by atoms with E-state index in [9.17, 15) is 4.79 Å². The number of halogens is 1. The van der Waals surface area contributed by atoms with Crippen LogP contribution in [0.5, 0.6) is 0 Å². The second-order valence-corrected chi connectivity index (χ2v) is 8.25. The minimum absolute atomic E-state index is 0.0354. The number of pyridine rings is 1. The SMILES string of the molecule is CCCCCCCCCCNC(=O)c1cc(-c2ccc(Cl)cc2)nc2ccccc12. The first-order valence-corrected chi connectivity index (χ1v) is 11.5. The molecule has 3 rings (SSSR count). The van der Waals surface area contributed by atoms with Gasteiger partial charge in [0.15, 0.2) is 0 Å². The number of unbranched alkanes of at least 4 members (excludes halogenated alkanes) is 7. The number of carbonyl (C=O) groups is 1. The number of rotatable bonds is 11. The van der Waals surface area contributed by atoms with Crippen LogP contribution in [0.1, 0.15) is 68.6 Å². The number of aromatic nitrogens is 1. The fourth-order valence-corrected chi connectivity index (χ4v) is 3.81. The molecule has 3 nitrogen and oxygen atoms in total. The van der Waals surface area contributed by atoms with Crippen LogP contribution in [0, 0.1) is 0 Å². The molecule has 0 bridgehead atoms. The summed E-state index contributed by atoms with van der Waals surface area (Å²) in [5, 5.41) is 4.66. The number of nitrogens with one attached hydrogen (secondary N) is 1. The van der Waals surface area contributed by atoms with Gasteiger partial charge in [-0.05, 0) is 30.7 Å². The summed E-state index contributed by atoms with van der Waals surface area (Å²) >= 11 is 6.02. The van der Waals surface area contributed by atoms with Crippen LogP contribution in [0.2, 0.25) is 5.02 Å². The fraction of sp³-hybridized carbons (Fsp3) is 0.385. The third-order valence-corrected chi connectivity index (χ3v) is 5.67. The molecule has 1 aromatic heterocycles. The highest BCUT2D eigenvalue weighted by Crippen LogP contribution is 2.26. The number of fused-ring (bicyclic) bond motifs is 1. The zero-order chi connectivity index (χ0) is 21.2. The average Bonchev–Trinajstić information content (AvgIpc) is 2.77. The summed E-state index contributed by atoms with van der Waals surface area (Å²) < 4.78 is 0. The number of amides is 1. The molecule has 1 amide bonds. The van der Waals surface area contributed by atoms with Crippen LogP contribution in [0.25, 0.3) is 22.2 Å². The Balaban J connectivity index is 1.63. The Bertz CT molecular complexity index is 953. The van der Waals surface area contributed by atoms with Crippen molar-refractivity contribution in [3.05, 3.63) is 65.2 Å². The van der Waals surface area contributed by atoms with Crippen molar-refractivity contribution in [3.63, 3.8) is 0 Å². The van der Waals surface area contributed by atoms with Crippen LogP contribution in [0.15, 0.2) is 54.6 Å². The lowest BCUT2D eigenvalue weighted by Gasteiger charge is -2.11. The molecule has 3 aromatic rings. The molecule has 0 aliphatic heterocycles. The summed E-state index contributed by atoms with van der Waals surface area (Å²) in [4.78, 5) is 17.7. The lowest BCUT2D eigenvalue weighted by atomic mass is 10.0. The number of para-hydroxylation sites is 1. The smallest absolute Gasteiger partial charge is 0.252 e. The van der Waals surface area contributed by atoms with Gasteiger partial charge in [-0.25, -0.2) is 4.98 Å². The monoisotopic (exact) mass is 422 g/mol. The van der Waals surface area contributed by atoms with E-state index in [1.165, 1.54) is 44.9 Å². The summed E-state index contributed by atoms with van der Waals surface area (Å²) in [7, 11) is 0. The minimum Gasteiger partial charge on any atom is -0.352 e. The van der Waals surface area contributed by atoms with E-state index < -0.39 is 0 Å². The lowest BCUT2D eigenvalue weighted by Crippen LogP contribution is -2.24. The molecule has 0 saturated carbocycles. The first kappa shape index (κ1) is 22.3. The third kappa shape index (κ3) is 6.30. The fourth-order valence-electron chi connectivity index (χ4n) is 3.69. The summed E-state index contributed by atoms with van der Waals surface area (Å²) in [6, 6.07) is 17.2. The second kappa shape index (κ2) is 11.7. The van der Waals surface area contributed by atoms with Crippen molar-refractivity contribution in [1.82, 2.24) is 10.3 Å². The van der Waals surface area contributed by atoms with Gasteiger partial charge in [0, 0.05) is 22.5 Å². The van der Waals surface area contributed by atoms with Gasteiger partial charge in [0.2, 0.25) is 0 Å². The Morgan fingerprint density at radius 3 is 2.30 bits per heavy atom. The number of nitrogens with zero attached hydrogens (tertiary/aromatic N) is 1. The van der Waals surface area contributed by atoms with E-state index >= 15 is 0 Å². The van der Waals surface area contributed by atoms with Crippen LogP contribution in [0.3, 0.4) is 0 Å². The molecule has 0 atom stereocenters. The highest BCUT2D eigenvalue weighted by Gasteiger charge is 2.13. The van der Waals surface area contributed by atoms with E-state index in [1.54, 1.807) is 0 Å². The summed E-state index contributed by atoms with van der Waals surface area (Å²) in [5.41, 5.74) is 3.22. The van der Waals surface area contributed by atoms with Crippen molar-refractivity contribution in [3.8, 4) is 11.3 Å². The molecule has 2 aromatic carbocycles. The maximum atomic E-state index is 12.9. The largest absolute Gasteiger partial charge is 0.352 e. The highest BCUT2D eigenvalue weighted by atomic mass is 35.5. The van der Waals surface area contributed by atoms with Crippen LogP contribution >= 0.6 is 11.6 Å². The zero-order valence-electron chi connectivity index (χ0n) is 17.8. The Hall–Kier alpha value is -2.39. The van der Waals surface area contributed by atoms with E-state index in [0.717, 1.165) is 28.6 Å². The highest BCUT2D eigenvalue weighted by molar-refractivity contribution is 6.30. The van der Waals surface area contributed by atoms with E-state index in [1.807, 2.05) is 54.6 Å². The van der Waals surface area contributed by atoms with Crippen LogP contribution < -0.4 is 5.32 Å². The first-order valence-electron chi connectivity index (χ1n) is 11.1. The summed E-state index contributed by atoms with van der Waals surface area (Å²) in [5.74, 6) is -0.0354. The maximum Gasteiger partial charge on any atom is 0.252 e. The molecule has 0 aliphatic carbocycles. The first-order chi connectivity index (χ1) is 14.7. The number of hydrogen-bond donors (Lipinski definition) is 1.